The lowest BCUT2D eigenvalue weighted by Crippen LogP contribution is -2.41. The van der Waals surface area contributed by atoms with Gasteiger partial charge in [-0.1, -0.05) is 41.9 Å². The van der Waals surface area contributed by atoms with Gasteiger partial charge in [-0.15, -0.1) is 0 Å². The van der Waals surface area contributed by atoms with Crippen molar-refractivity contribution in [2.45, 2.75) is 25.5 Å². The van der Waals surface area contributed by atoms with Crippen molar-refractivity contribution in [2.75, 3.05) is 25.4 Å². The van der Waals surface area contributed by atoms with E-state index >= 15 is 0 Å². The molecule has 3 aromatic carbocycles. The number of benzene rings is 3. The second-order valence-corrected chi connectivity index (χ2v) is 13.0. The molecule has 2 unspecified atom stereocenters. The van der Waals surface area contributed by atoms with Crippen LogP contribution in [0.25, 0.3) is 22.5 Å². The van der Waals surface area contributed by atoms with Gasteiger partial charge in [-0.2, -0.15) is 11.8 Å². The minimum atomic E-state index is -3.17. The highest BCUT2D eigenvalue weighted by atomic mass is 35.5. The van der Waals surface area contributed by atoms with Gasteiger partial charge in [0.25, 0.3) is 5.91 Å². The van der Waals surface area contributed by atoms with Crippen LogP contribution in [-0.4, -0.2) is 56.8 Å². The highest BCUT2D eigenvalue weighted by molar-refractivity contribution is 7.98. The van der Waals surface area contributed by atoms with Gasteiger partial charge < -0.3 is 19.6 Å². The number of carbonyl (C=O) groups excluding carboxylic acids is 1. The molecule has 1 amide bonds. The number of aliphatic carboxylic acids is 1. The Labute approximate surface area is 266 Å². The predicted octanol–water partition coefficient (Wildman–Crippen LogP) is 6.15. The number of methoxy groups -OCH3 is 1. The number of rotatable bonds is 11. The lowest BCUT2D eigenvalue weighted by atomic mass is 9.92. The smallest absolute Gasteiger partial charge is 0.326 e. The van der Waals surface area contributed by atoms with Crippen LogP contribution in [0.5, 0.6) is 0 Å². The fraction of sp³-hybridized carbons (Fsp3) is 0.250. The number of ether oxygens (including phenoxy) is 1. The standard InChI is InChI=1S/C31H30ClNO5S.CH5NO2S/c1-19-6-4-5-7-23(19)25-18-21(10-13-24(25)30(34)33-26(31(35)36)16-17-39-3)29(37-2)28-15-14-27(38-28)20-8-11-22(32)12-9-20;1-5(2,3)4/h4-15,18,26,29H,16-17H2,1-3H3,(H,33,34)(H,35,36);1H3,(H2,2,3,4). The summed E-state index contributed by atoms with van der Waals surface area (Å²) in [7, 11) is -1.56. The average molecular weight is 659 g/mol. The predicted molar refractivity (Wildman–Crippen MR) is 176 cm³/mol. The first-order valence-electron chi connectivity index (χ1n) is 13.4. The number of thioether (sulfide) groups is 1. The zero-order valence-corrected chi connectivity index (χ0v) is 27.1. The van der Waals surface area contributed by atoms with Gasteiger partial charge in [-0.25, -0.2) is 18.4 Å². The minimum absolute atomic E-state index is 0.334. The van der Waals surface area contributed by atoms with Crippen LogP contribution in [0, 0.1) is 6.92 Å². The Morgan fingerprint density at radius 3 is 2.30 bits per heavy atom. The van der Waals surface area contributed by atoms with E-state index in [0.29, 0.717) is 39.8 Å². The number of aryl methyl sites for hydroxylation is 1. The first-order valence-corrected chi connectivity index (χ1v) is 17.1. The van der Waals surface area contributed by atoms with Crippen molar-refractivity contribution in [2.24, 2.45) is 5.14 Å². The summed E-state index contributed by atoms with van der Waals surface area (Å²) in [6.45, 7) is 1.97. The number of primary sulfonamides is 1. The molecule has 0 aliphatic rings. The van der Waals surface area contributed by atoms with Crippen LogP contribution in [0.2, 0.25) is 5.02 Å². The van der Waals surface area contributed by atoms with E-state index in [9.17, 15) is 23.1 Å². The molecule has 12 heteroatoms. The third kappa shape index (κ3) is 9.96. The SMILES string of the molecule is COC(c1ccc(C(=O)NC(CCSC)C(=O)O)c(-c2ccccc2C)c1)c1ccc(-c2ccc(Cl)cc2)o1.CS(N)(=O)=O. The summed E-state index contributed by atoms with van der Waals surface area (Å²) in [5, 5.41) is 17.3. The number of hydrogen-bond acceptors (Lipinski definition) is 7. The fourth-order valence-electron chi connectivity index (χ4n) is 4.43. The highest BCUT2D eigenvalue weighted by Gasteiger charge is 2.25. The van der Waals surface area contributed by atoms with E-state index in [-0.39, 0.29) is 0 Å². The van der Waals surface area contributed by atoms with Crippen molar-refractivity contribution in [1.29, 1.82) is 0 Å². The summed E-state index contributed by atoms with van der Waals surface area (Å²) in [6, 6.07) is 23.4. The topological polar surface area (TPSA) is 149 Å². The minimum Gasteiger partial charge on any atom is -0.480 e. The third-order valence-electron chi connectivity index (χ3n) is 6.49. The molecule has 1 aromatic heterocycles. The first-order chi connectivity index (χ1) is 20.8. The average Bonchev–Trinajstić information content (AvgIpc) is 3.45. The number of carboxylic acid groups (broad SMARTS) is 1. The van der Waals surface area contributed by atoms with Gasteiger partial charge in [0.2, 0.25) is 10.0 Å². The van der Waals surface area contributed by atoms with Gasteiger partial charge >= 0.3 is 5.97 Å². The van der Waals surface area contributed by atoms with E-state index < -0.39 is 34.0 Å². The van der Waals surface area contributed by atoms with Crippen molar-refractivity contribution >= 4 is 45.3 Å². The third-order valence-corrected chi connectivity index (χ3v) is 7.39. The summed E-state index contributed by atoms with van der Waals surface area (Å²) in [6.07, 6.45) is 2.64. The number of hydrogen-bond donors (Lipinski definition) is 3. The maximum atomic E-state index is 13.4. The van der Waals surface area contributed by atoms with E-state index in [2.05, 4.69) is 10.5 Å². The Hall–Kier alpha value is -3.61. The molecule has 0 saturated carbocycles. The van der Waals surface area contributed by atoms with E-state index in [4.69, 9.17) is 20.8 Å². The van der Waals surface area contributed by atoms with Crippen molar-refractivity contribution in [3.63, 3.8) is 0 Å². The molecule has 0 spiro atoms. The zero-order valence-electron chi connectivity index (χ0n) is 24.7. The van der Waals surface area contributed by atoms with Crippen molar-refractivity contribution in [3.05, 3.63) is 106 Å². The Balaban J connectivity index is 0.000000978. The van der Waals surface area contributed by atoms with Gasteiger partial charge in [-0.3, -0.25) is 4.79 Å². The Kier molecular flexibility index (Phi) is 12.6. The second kappa shape index (κ2) is 15.9. The van der Waals surface area contributed by atoms with Gasteiger partial charge in [0.05, 0.1) is 6.26 Å². The van der Waals surface area contributed by atoms with Gasteiger partial charge in [0.15, 0.2) is 0 Å². The molecule has 0 aliphatic heterocycles. The maximum absolute atomic E-state index is 13.4. The lowest BCUT2D eigenvalue weighted by Gasteiger charge is -2.19. The summed E-state index contributed by atoms with van der Waals surface area (Å²) >= 11 is 7.56. The molecular weight excluding hydrogens is 624 g/mol. The molecule has 4 rings (SSSR count). The lowest BCUT2D eigenvalue weighted by molar-refractivity contribution is -0.139. The number of sulfonamides is 1. The Morgan fingerprint density at radius 1 is 1.05 bits per heavy atom. The molecule has 4 N–H and O–H groups in total. The van der Waals surface area contributed by atoms with Crippen LogP contribution in [0.4, 0.5) is 0 Å². The molecule has 1 heterocycles. The second-order valence-electron chi connectivity index (χ2n) is 9.92. The monoisotopic (exact) mass is 658 g/mol. The summed E-state index contributed by atoms with van der Waals surface area (Å²) in [4.78, 5) is 25.2. The largest absolute Gasteiger partial charge is 0.480 e. The van der Waals surface area contributed by atoms with Crippen molar-refractivity contribution < 1.29 is 32.3 Å². The van der Waals surface area contributed by atoms with Crippen LogP contribution < -0.4 is 10.5 Å². The first kappa shape index (κ1) is 34.9. The van der Waals surface area contributed by atoms with Crippen LogP contribution in [0.3, 0.4) is 0 Å². The molecule has 4 aromatic rings. The van der Waals surface area contributed by atoms with Gasteiger partial charge in [0.1, 0.15) is 23.7 Å². The summed E-state index contributed by atoms with van der Waals surface area (Å²) < 4.78 is 30.8. The summed E-state index contributed by atoms with van der Waals surface area (Å²) in [5.74, 6) is 0.421. The molecule has 2 atom stereocenters. The van der Waals surface area contributed by atoms with Crippen LogP contribution in [0.1, 0.15) is 39.8 Å². The zero-order chi connectivity index (χ0) is 32.4. The molecule has 0 aliphatic carbocycles. The number of amides is 1. The van der Waals surface area contributed by atoms with Crippen molar-refractivity contribution in [3.8, 4) is 22.5 Å². The number of nitrogens with two attached hydrogens (primary N) is 1. The normalized spacial score (nSPS) is 12.5. The van der Waals surface area contributed by atoms with Gasteiger partial charge in [0, 0.05) is 23.3 Å². The van der Waals surface area contributed by atoms with Crippen LogP contribution in [-0.2, 0) is 19.6 Å². The molecule has 234 valence electrons. The molecule has 0 saturated heterocycles. The number of carboxylic acids is 1. The number of nitrogens with one attached hydrogen (secondary N) is 1. The molecule has 44 heavy (non-hydrogen) atoms. The van der Waals surface area contributed by atoms with Crippen LogP contribution in [0.15, 0.2) is 83.3 Å². The van der Waals surface area contributed by atoms with Crippen LogP contribution >= 0.6 is 23.4 Å². The van der Waals surface area contributed by atoms with E-state index in [1.807, 2.05) is 73.8 Å². The van der Waals surface area contributed by atoms with Gasteiger partial charge in [-0.05, 0) is 96.1 Å². The molecule has 9 nitrogen and oxygen atoms in total. The Bertz CT molecular complexity index is 1680. The molecule has 0 bridgehead atoms. The molecule has 0 radical (unpaired) electrons. The van der Waals surface area contributed by atoms with E-state index in [1.165, 1.54) is 11.8 Å². The number of furan rings is 1. The highest BCUT2D eigenvalue weighted by Crippen LogP contribution is 2.35. The molecule has 0 fully saturated rings. The number of halogens is 1. The number of carbonyl (C=O) groups is 2. The van der Waals surface area contributed by atoms with E-state index in [1.54, 1.807) is 25.3 Å². The molecular formula is C32H35ClN2O7S2. The quantitative estimate of drug-likeness (QED) is 0.174. The maximum Gasteiger partial charge on any atom is 0.326 e. The van der Waals surface area contributed by atoms with Crippen molar-refractivity contribution in [1.82, 2.24) is 5.32 Å². The summed E-state index contributed by atoms with van der Waals surface area (Å²) in [5.41, 5.74) is 4.61. The Morgan fingerprint density at radius 2 is 1.70 bits per heavy atom. The van der Waals surface area contributed by atoms with E-state index in [0.717, 1.165) is 28.5 Å². The fourth-order valence-corrected chi connectivity index (χ4v) is 5.03.